The molecule has 0 bridgehead atoms. The molecule has 5 N–H and O–H groups in total. The molecule has 1 amide bonds. The van der Waals surface area contributed by atoms with Gasteiger partial charge in [0, 0.05) is 0 Å². The number of benzene rings is 4. The Balaban J connectivity index is 1.29. The fourth-order valence-corrected chi connectivity index (χ4v) is 8.61. The predicted octanol–water partition coefficient (Wildman–Crippen LogP) is 6.08. The molecular weight excluding hydrogens is 785 g/mol. The van der Waals surface area contributed by atoms with Gasteiger partial charge in [0.25, 0.3) is 8.53 Å². The number of rotatable bonds is 16. The van der Waals surface area contributed by atoms with E-state index in [1.807, 2.05) is 91.0 Å². The van der Waals surface area contributed by atoms with Crippen LogP contribution in [0.1, 0.15) is 65.0 Å². The highest BCUT2D eigenvalue weighted by atomic mass is 31.2. The van der Waals surface area contributed by atoms with Crippen molar-refractivity contribution in [2.24, 2.45) is 5.50 Å². The maximum atomic E-state index is 14.7. The minimum Gasteiger partial charge on any atom is -0.497 e. The number of carbonyl (C=O) groups is 1. The Labute approximate surface area is 348 Å². The van der Waals surface area contributed by atoms with Crippen LogP contribution in [0.15, 0.2) is 116 Å². The molecule has 16 heteroatoms. The number of nitrogens with two attached hydrogens (primary N) is 2. The Morgan fingerprint density at radius 2 is 1.48 bits per heavy atom. The monoisotopic (exact) mass is 832 g/mol. The van der Waals surface area contributed by atoms with E-state index in [1.165, 1.54) is 12.7 Å². The van der Waals surface area contributed by atoms with Gasteiger partial charge in [0.2, 0.25) is 12.3 Å². The summed E-state index contributed by atoms with van der Waals surface area (Å²) in [4.78, 5) is 38.8. The number of unbranched alkanes of at least 4 members (excludes halogenated alkanes) is 2. The number of ether oxygens (including phenoxy) is 5. The van der Waals surface area contributed by atoms with E-state index in [1.54, 1.807) is 35.5 Å². The lowest BCUT2D eigenvalue weighted by atomic mass is 9.80. The van der Waals surface area contributed by atoms with Crippen LogP contribution in [-0.2, 0) is 24.3 Å². The van der Waals surface area contributed by atoms with E-state index >= 15 is 0 Å². The average molecular weight is 833 g/mol. The van der Waals surface area contributed by atoms with Crippen molar-refractivity contribution in [3.8, 4) is 11.5 Å². The molecule has 60 heavy (non-hydrogen) atoms. The highest BCUT2D eigenvalue weighted by Crippen LogP contribution is 2.46. The van der Waals surface area contributed by atoms with Crippen molar-refractivity contribution in [1.29, 1.82) is 0 Å². The standard InChI is InChI=1S/C44H46N7O8P/c1-4-5-11-24-56-42-34-15-10-9-14-33(34)41(52)51(42)37-38(59-60(46)53)35(58-43(37)50-27-49-36-39(45)47-26-48-40(36)50)25-57-44(28-12-7-6-8-13-28,29-16-20-31(54-2)21-17-29)30-18-22-32(55-3)23-19-30/h6-10,12-23,26-27,35,37-38,43,45,53H,4-5,11,24-25,46H2,1-3H3/p+1/t35-,37-,38-,43-,60?/m1/s1. The molecule has 2 aliphatic heterocycles. The molecule has 0 radical (unpaired) electrons. The van der Waals surface area contributed by atoms with Crippen LogP contribution in [0.5, 0.6) is 11.5 Å². The van der Waals surface area contributed by atoms with Crippen LogP contribution in [-0.4, -0.2) is 86.5 Å². The second-order valence-corrected chi connectivity index (χ2v) is 15.2. The van der Waals surface area contributed by atoms with Gasteiger partial charge in [0.05, 0.1) is 33.8 Å². The van der Waals surface area contributed by atoms with Crippen molar-refractivity contribution in [2.75, 3.05) is 33.2 Å². The van der Waals surface area contributed by atoms with E-state index in [9.17, 15) is 9.69 Å². The third kappa shape index (κ3) is 7.60. The minimum absolute atomic E-state index is 0.126. The zero-order valence-electron chi connectivity index (χ0n) is 33.5. The highest BCUT2D eigenvalue weighted by Gasteiger charge is 2.60. The molecule has 1 saturated heterocycles. The molecule has 1 unspecified atom stereocenters. The third-order valence-electron chi connectivity index (χ3n) is 10.9. The second-order valence-electron chi connectivity index (χ2n) is 14.4. The molecule has 0 spiro atoms. The molecule has 0 aliphatic carbocycles. The van der Waals surface area contributed by atoms with Crippen molar-refractivity contribution in [3.05, 3.63) is 144 Å². The number of carbonyl (C=O) groups excluding carboxylic acids is 1. The van der Waals surface area contributed by atoms with Gasteiger partial charge in [0.1, 0.15) is 46.2 Å². The molecule has 15 nitrogen and oxygen atoms in total. The first-order valence-electron chi connectivity index (χ1n) is 19.7. The summed E-state index contributed by atoms with van der Waals surface area (Å²) in [5.74, 6) is 1.52. The fraction of sp³-hybridized carbons (Fsp3) is 0.295. The van der Waals surface area contributed by atoms with E-state index in [0.717, 1.165) is 36.0 Å². The normalized spacial score (nSPS) is 19.4. The Bertz CT molecular complexity index is 2420. The molecule has 4 heterocycles. The topological polar surface area (TPSA) is 191 Å². The van der Waals surface area contributed by atoms with Gasteiger partial charge < -0.3 is 38.8 Å². The number of nitrogens with zero attached hydrogens (tertiary/aromatic N) is 5. The van der Waals surface area contributed by atoms with Crippen LogP contribution in [0.3, 0.4) is 0 Å². The number of fused-ring (bicyclic) bond motifs is 2. The molecule has 4 aromatic carbocycles. The first-order valence-corrected chi connectivity index (χ1v) is 21.0. The zero-order valence-corrected chi connectivity index (χ0v) is 34.4. The van der Waals surface area contributed by atoms with Crippen molar-refractivity contribution in [3.63, 3.8) is 0 Å². The van der Waals surface area contributed by atoms with E-state index in [2.05, 4.69) is 21.9 Å². The van der Waals surface area contributed by atoms with Gasteiger partial charge in [-0.1, -0.05) is 86.5 Å². The number of amides is 1. The number of anilines is 1. The summed E-state index contributed by atoms with van der Waals surface area (Å²) in [6, 6.07) is 31.4. The highest BCUT2D eigenvalue weighted by molar-refractivity contribution is 7.43. The summed E-state index contributed by atoms with van der Waals surface area (Å²) in [5, 5.41) is 0. The Morgan fingerprint density at radius 1 is 0.850 bits per heavy atom. The molecule has 2 aromatic heterocycles. The van der Waals surface area contributed by atoms with E-state index in [0.29, 0.717) is 46.3 Å². The van der Waals surface area contributed by atoms with Gasteiger partial charge in [-0.3, -0.25) is 10.1 Å². The second kappa shape index (κ2) is 17.8. The van der Waals surface area contributed by atoms with Gasteiger partial charge in [-0.15, -0.1) is 4.58 Å². The Hall–Kier alpha value is -5.80. The van der Waals surface area contributed by atoms with Crippen LogP contribution in [0.4, 0.5) is 5.82 Å². The van der Waals surface area contributed by atoms with Gasteiger partial charge in [-0.05, 0) is 59.5 Å². The SMILES string of the molecule is CCCCCOC1=[N+]([C@@H]2[C@H](OP(N)O)[C@@H](COC(c3ccccc3)(c3ccc(OC)cc3)c3ccc(OC)cc3)O[C@H]2n2cnc3c(N)ncnc32)C(=O)c2ccccc21. The average Bonchev–Trinajstić information content (AvgIpc) is 3.95. The van der Waals surface area contributed by atoms with Gasteiger partial charge in [-0.25, -0.2) is 19.7 Å². The van der Waals surface area contributed by atoms with Crippen LogP contribution in [0.2, 0.25) is 0 Å². The zero-order chi connectivity index (χ0) is 41.8. The summed E-state index contributed by atoms with van der Waals surface area (Å²) in [7, 11) is 0.728. The van der Waals surface area contributed by atoms with Gasteiger partial charge >= 0.3 is 11.8 Å². The molecule has 1 fully saturated rings. The Morgan fingerprint density at radius 3 is 2.12 bits per heavy atom. The number of hydrogen-bond donors (Lipinski definition) is 3. The number of aromatic nitrogens is 4. The van der Waals surface area contributed by atoms with Crippen LogP contribution >= 0.6 is 8.53 Å². The molecule has 5 atom stereocenters. The maximum Gasteiger partial charge on any atom is 0.423 e. The van der Waals surface area contributed by atoms with Gasteiger partial charge in [-0.2, -0.15) is 0 Å². The molecular formula is C44H47N7O8P+. The summed E-state index contributed by atoms with van der Waals surface area (Å²) in [6.45, 7) is 2.35. The first-order chi connectivity index (χ1) is 29.3. The third-order valence-corrected chi connectivity index (χ3v) is 11.4. The Kier molecular flexibility index (Phi) is 12.2. The quantitative estimate of drug-likeness (QED) is 0.0440. The van der Waals surface area contributed by atoms with Crippen molar-refractivity contribution < 1.29 is 42.5 Å². The molecule has 2 aliphatic rings. The summed E-state index contributed by atoms with van der Waals surface area (Å²) in [6.07, 6.45) is 2.51. The number of methoxy groups -OCH3 is 2. The smallest absolute Gasteiger partial charge is 0.423 e. The lowest BCUT2D eigenvalue weighted by molar-refractivity contribution is -0.497. The number of imidazole rings is 1. The minimum atomic E-state index is -2.50. The lowest BCUT2D eigenvalue weighted by Gasteiger charge is -2.37. The van der Waals surface area contributed by atoms with Crippen LogP contribution in [0, 0.1) is 0 Å². The molecule has 6 aromatic rings. The van der Waals surface area contributed by atoms with E-state index in [-0.39, 0.29) is 18.3 Å². The number of hydrogen-bond acceptors (Lipinski definition) is 13. The largest absolute Gasteiger partial charge is 0.497 e. The summed E-state index contributed by atoms with van der Waals surface area (Å²) in [5.41, 5.74) is 15.3. The summed E-state index contributed by atoms with van der Waals surface area (Å²) < 4.78 is 41.5. The van der Waals surface area contributed by atoms with Crippen molar-refractivity contribution >= 4 is 37.3 Å². The predicted molar refractivity (Wildman–Crippen MR) is 225 cm³/mol. The van der Waals surface area contributed by atoms with Crippen LogP contribution < -0.4 is 20.7 Å². The summed E-state index contributed by atoms with van der Waals surface area (Å²) >= 11 is 0. The van der Waals surface area contributed by atoms with Crippen LogP contribution in [0.25, 0.3) is 11.2 Å². The fourth-order valence-electron chi connectivity index (χ4n) is 8.10. The lowest BCUT2D eigenvalue weighted by Crippen LogP contribution is -2.47. The molecule has 8 rings (SSSR count). The first kappa shape index (κ1) is 41.0. The van der Waals surface area contributed by atoms with Crippen molar-refractivity contribution in [1.82, 2.24) is 19.5 Å². The maximum absolute atomic E-state index is 14.7. The van der Waals surface area contributed by atoms with Gasteiger partial charge in [0.15, 0.2) is 17.6 Å². The van der Waals surface area contributed by atoms with Crippen molar-refractivity contribution in [2.45, 2.75) is 56.3 Å². The number of nitrogen functional groups attached to an aromatic ring is 1. The van der Waals surface area contributed by atoms with E-state index < -0.39 is 38.6 Å². The molecule has 310 valence electrons. The van der Waals surface area contributed by atoms with E-state index in [4.69, 9.17) is 39.4 Å². The molecule has 0 saturated carbocycles.